The fraction of sp³-hybridized carbons (Fsp3) is 0.500. The first kappa shape index (κ1) is 13.2. The molecular formula is C8H9Br3N2O2. The standard InChI is InChI=1S/C8H9Br3N2O2/c1-4-6(11)7(8(14)15)13(12-4)3-5(10)2-9/h5H,2-3H2,1H3,(H,14,15). The molecule has 0 radical (unpaired) electrons. The van der Waals surface area contributed by atoms with E-state index in [1.54, 1.807) is 6.92 Å². The zero-order valence-electron chi connectivity index (χ0n) is 7.88. The lowest BCUT2D eigenvalue weighted by molar-refractivity contribution is 0.0682. The second-order valence-corrected chi connectivity index (χ2v) is 5.72. The predicted molar refractivity (Wildman–Crippen MR) is 68.1 cm³/mol. The van der Waals surface area contributed by atoms with Gasteiger partial charge in [0.15, 0.2) is 5.69 Å². The van der Waals surface area contributed by atoms with Crippen molar-refractivity contribution in [3.05, 3.63) is 15.9 Å². The van der Waals surface area contributed by atoms with Crippen LogP contribution >= 0.6 is 47.8 Å². The van der Waals surface area contributed by atoms with Gasteiger partial charge in [-0.1, -0.05) is 31.9 Å². The van der Waals surface area contributed by atoms with Crippen molar-refractivity contribution in [3.8, 4) is 0 Å². The van der Waals surface area contributed by atoms with Gasteiger partial charge in [0.2, 0.25) is 0 Å². The first-order valence-electron chi connectivity index (χ1n) is 4.13. The second-order valence-electron chi connectivity index (χ2n) is 2.99. The zero-order chi connectivity index (χ0) is 11.6. The molecule has 0 aliphatic carbocycles. The van der Waals surface area contributed by atoms with E-state index in [1.165, 1.54) is 4.68 Å². The van der Waals surface area contributed by atoms with E-state index in [9.17, 15) is 4.79 Å². The van der Waals surface area contributed by atoms with E-state index in [0.717, 1.165) is 5.33 Å². The molecule has 0 saturated heterocycles. The molecular weight excluding hydrogens is 396 g/mol. The molecule has 1 unspecified atom stereocenters. The van der Waals surface area contributed by atoms with Crippen LogP contribution in [0.4, 0.5) is 0 Å². The maximum Gasteiger partial charge on any atom is 0.355 e. The minimum Gasteiger partial charge on any atom is -0.476 e. The van der Waals surface area contributed by atoms with Crippen LogP contribution in [0.1, 0.15) is 16.2 Å². The second kappa shape index (κ2) is 5.45. The van der Waals surface area contributed by atoms with E-state index in [4.69, 9.17) is 5.11 Å². The van der Waals surface area contributed by atoms with Crippen molar-refractivity contribution in [3.63, 3.8) is 0 Å². The lowest BCUT2D eigenvalue weighted by Crippen LogP contribution is -2.17. The molecule has 0 aromatic carbocycles. The molecule has 0 spiro atoms. The number of aromatic nitrogens is 2. The van der Waals surface area contributed by atoms with Gasteiger partial charge in [-0.25, -0.2) is 4.79 Å². The summed E-state index contributed by atoms with van der Waals surface area (Å²) >= 11 is 9.95. The summed E-state index contributed by atoms with van der Waals surface area (Å²) in [7, 11) is 0. The average molecular weight is 405 g/mol. The van der Waals surface area contributed by atoms with E-state index < -0.39 is 5.97 Å². The SMILES string of the molecule is Cc1nn(CC(Br)CBr)c(C(=O)O)c1Br. The van der Waals surface area contributed by atoms with E-state index in [-0.39, 0.29) is 10.5 Å². The molecule has 0 saturated carbocycles. The fourth-order valence-electron chi connectivity index (χ4n) is 1.13. The molecule has 7 heteroatoms. The molecule has 4 nitrogen and oxygen atoms in total. The lowest BCUT2D eigenvalue weighted by Gasteiger charge is -2.07. The molecule has 0 fully saturated rings. The number of aromatic carboxylic acids is 1. The van der Waals surface area contributed by atoms with Gasteiger partial charge in [-0.15, -0.1) is 0 Å². The number of carbonyl (C=O) groups is 1. The van der Waals surface area contributed by atoms with Crippen LogP contribution in [0.15, 0.2) is 4.47 Å². The summed E-state index contributed by atoms with van der Waals surface area (Å²) in [6, 6.07) is 0. The van der Waals surface area contributed by atoms with Gasteiger partial charge in [0, 0.05) is 10.2 Å². The molecule has 84 valence electrons. The Morgan fingerprint density at radius 2 is 2.27 bits per heavy atom. The van der Waals surface area contributed by atoms with E-state index in [1.807, 2.05) is 0 Å². The van der Waals surface area contributed by atoms with Crippen molar-refractivity contribution in [1.29, 1.82) is 0 Å². The molecule has 0 amide bonds. The lowest BCUT2D eigenvalue weighted by atomic mass is 10.3. The Kier molecular flexibility index (Phi) is 4.79. The Bertz CT molecular complexity index is 378. The highest BCUT2D eigenvalue weighted by Crippen LogP contribution is 2.22. The molecule has 1 N–H and O–H groups in total. The highest BCUT2D eigenvalue weighted by atomic mass is 79.9. The van der Waals surface area contributed by atoms with Crippen molar-refractivity contribution in [2.75, 3.05) is 5.33 Å². The molecule has 1 rings (SSSR count). The van der Waals surface area contributed by atoms with Gasteiger partial charge in [0.05, 0.1) is 16.7 Å². The van der Waals surface area contributed by atoms with Gasteiger partial charge in [0.25, 0.3) is 0 Å². The molecule has 1 heterocycles. The maximum absolute atomic E-state index is 11.0. The Morgan fingerprint density at radius 1 is 1.67 bits per heavy atom. The zero-order valence-corrected chi connectivity index (χ0v) is 12.6. The summed E-state index contributed by atoms with van der Waals surface area (Å²) in [5.74, 6) is -0.975. The quantitative estimate of drug-likeness (QED) is 0.785. The number of carboxylic acid groups (broad SMARTS) is 1. The van der Waals surface area contributed by atoms with Crippen LogP contribution in [0, 0.1) is 6.92 Å². The minimum absolute atomic E-state index is 0.154. The number of hydrogen-bond acceptors (Lipinski definition) is 2. The molecule has 1 atom stereocenters. The van der Waals surface area contributed by atoms with Gasteiger partial charge in [0.1, 0.15) is 0 Å². The third kappa shape index (κ3) is 3.04. The fourth-order valence-corrected chi connectivity index (χ4v) is 2.07. The van der Waals surface area contributed by atoms with Crippen LogP contribution in [0.3, 0.4) is 0 Å². The van der Waals surface area contributed by atoms with Crippen LogP contribution in [0.25, 0.3) is 0 Å². The van der Waals surface area contributed by atoms with Gasteiger partial charge >= 0.3 is 5.97 Å². The average Bonchev–Trinajstić information content (AvgIpc) is 2.42. The van der Waals surface area contributed by atoms with Crippen LogP contribution in [0.5, 0.6) is 0 Å². The first-order valence-corrected chi connectivity index (χ1v) is 6.96. The number of hydrogen-bond donors (Lipinski definition) is 1. The van der Waals surface area contributed by atoms with Gasteiger partial charge in [-0.2, -0.15) is 5.10 Å². The molecule has 0 bridgehead atoms. The number of carboxylic acids is 1. The largest absolute Gasteiger partial charge is 0.476 e. The van der Waals surface area contributed by atoms with E-state index >= 15 is 0 Å². The minimum atomic E-state index is -0.975. The first-order chi connectivity index (χ1) is 6.97. The van der Waals surface area contributed by atoms with Gasteiger partial charge < -0.3 is 5.11 Å². The highest BCUT2D eigenvalue weighted by molar-refractivity contribution is 9.12. The normalized spacial score (nSPS) is 12.8. The monoisotopic (exact) mass is 402 g/mol. The van der Waals surface area contributed by atoms with Crippen molar-refractivity contribution >= 4 is 53.8 Å². The molecule has 1 aromatic rings. The molecule has 0 aliphatic rings. The Morgan fingerprint density at radius 3 is 2.73 bits per heavy atom. The Hall–Kier alpha value is 0.120. The topological polar surface area (TPSA) is 55.1 Å². The van der Waals surface area contributed by atoms with Gasteiger partial charge in [-0.3, -0.25) is 4.68 Å². The van der Waals surface area contributed by atoms with Crippen molar-refractivity contribution in [2.45, 2.75) is 18.3 Å². The summed E-state index contributed by atoms with van der Waals surface area (Å²) in [6.45, 7) is 2.28. The van der Waals surface area contributed by atoms with Crippen LogP contribution < -0.4 is 0 Å². The third-order valence-corrected chi connectivity index (χ3v) is 5.01. The van der Waals surface area contributed by atoms with E-state index in [2.05, 4.69) is 52.9 Å². The van der Waals surface area contributed by atoms with Gasteiger partial charge in [-0.05, 0) is 22.9 Å². The smallest absolute Gasteiger partial charge is 0.355 e. The summed E-state index contributed by atoms with van der Waals surface area (Å²) in [6.07, 6.45) is 0. The van der Waals surface area contributed by atoms with Crippen molar-refractivity contribution in [2.24, 2.45) is 0 Å². The summed E-state index contributed by atoms with van der Waals surface area (Å²) in [5, 5.41) is 13.9. The van der Waals surface area contributed by atoms with Crippen molar-refractivity contribution < 1.29 is 9.90 Å². The third-order valence-electron chi connectivity index (χ3n) is 1.80. The number of aryl methyl sites for hydroxylation is 1. The van der Waals surface area contributed by atoms with Crippen molar-refractivity contribution in [1.82, 2.24) is 9.78 Å². The molecule has 0 aliphatic heterocycles. The number of nitrogens with zero attached hydrogens (tertiary/aromatic N) is 2. The van der Waals surface area contributed by atoms with Crippen LogP contribution in [-0.2, 0) is 6.54 Å². The van der Waals surface area contributed by atoms with E-state index in [0.29, 0.717) is 16.7 Å². The summed E-state index contributed by atoms with van der Waals surface area (Å²) in [4.78, 5) is 11.2. The number of halogens is 3. The highest BCUT2D eigenvalue weighted by Gasteiger charge is 2.20. The summed E-state index contributed by atoms with van der Waals surface area (Å²) in [5.41, 5.74) is 0.875. The van der Waals surface area contributed by atoms with Crippen LogP contribution in [-0.4, -0.2) is 31.0 Å². The number of alkyl halides is 2. The molecule has 15 heavy (non-hydrogen) atoms. The maximum atomic E-state index is 11.0. The predicted octanol–water partition coefficient (Wildman–Crippen LogP) is 2.81. The molecule has 1 aromatic heterocycles. The number of rotatable bonds is 4. The Balaban J connectivity index is 3.06. The van der Waals surface area contributed by atoms with Crippen LogP contribution in [0.2, 0.25) is 0 Å². The summed E-state index contributed by atoms with van der Waals surface area (Å²) < 4.78 is 2.03. The Labute approximate surface area is 112 Å².